The van der Waals surface area contributed by atoms with Crippen LogP contribution in [0.1, 0.15) is 0 Å². The van der Waals surface area contributed by atoms with Crippen molar-refractivity contribution in [3.63, 3.8) is 0 Å². The first kappa shape index (κ1) is 32.4. The summed E-state index contributed by atoms with van der Waals surface area (Å²) in [6, 6.07) is 33.5. The number of hydrogen-bond acceptors (Lipinski definition) is 7. The molecule has 0 heterocycles. The summed E-state index contributed by atoms with van der Waals surface area (Å²) in [6.07, 6.45) is 14.4. The molecule has 0 saturated heterocycles. The van der Waals surface area contributed by atoms with Crippen molar-refractivity contribution >= 4 is 40.0 Å². The Bertz CT molecular complexity index is 1690. The molecule has 6 rings (SSSR count). The average Bonchev–Trinajstić information content (AvgIpc) is 3.82. The number of benzene rings is 4. The Morgan fingerprint density at radius 2 is 1.02 bits per heavy atom. The molecule has 0 atom stereocenters. The fourth-order valence-corrected chi connectivity index (χ4v) is 3.90. The number of allylic oxidation sites excluding steroid dienone is 7. The van der Waals surface area contributed by atoms with Gasteiger partial charge in [0, 0.05) is 11.4 Å². The molecule has 222 valence electrons. The third kappa shape index (κ3) is 10.3. The van der Waals surface area contributed by atoms with E-state index in [4.69, 9.17) is 0 Å². The largest absolute Gasteiger partial charge is 2.00 e. The van der Waals surface area contributed by atoms with Crippen LogP contribution >= 0.6 is 0 Å². The van der Waals surface area contributed by atoms with E-state index in [2.05, 4.69) is 31.1 Å². The fourth-order valence-electron chi connectivity index (χ4n) is 3.90. The van der Waals surface area contributed by atoms with Gasteiger partial charge in [0.2, 0.25) is 5.91 Å². The van der Waals surface area contributed by atoms with Gasteiger partial charge in [0.05, 0.1) is 22.7 Å². The number of azo groups is 2. The normalized spacial score (nSPS) is 13.3. The van der Waals surface area contributed by atoms with Crippen molar-refractivity contribution in [2.24, 2.45) is 20.5 Å². The number of carbonyl (C=O) groups excluding carboxylic acids is 1. The molecule has 0 bridgehead atoms. The van der Waals surface area contributed by atoms with Gasteiger partial charge in [-0.1, -0.05) is 67.1 Å². The number of hydrogen-bond donors (Lipinski definition) is 2. The predicted octanol–water partition coefficient (Wildman–Crippen LogP) is 8.80. The van der Waals surface area contributed by atoms with Crippen LogP contribution in [0.3, 0.4) is 0 Å². The van der Waals surface area contributed by atoms with Crippen molar-refractivity contribution in [2.75, 3.05) is 10.6 Å². The first-order valence-corrected chi connectivity index (χ1v) is 13.8. The van der Waals surface area contributed by atoms with E-state index in [0.717, 1.165) is 34.1 Å². The predicted molar refractivity (Wildman–Crippen MR) is 173 cm³/mol. The smallest absolute Gasteiger partial charge is 0.860 e. The number of amides is 1. The van der Waals surface area contributed by atoms with Gasteiger partial charge in [-0.15, -0.1) is 0 Å². The summed E-state index contributed by atoms with van der Waals surface area (Å²) in [5.74, 6) is 0.403. The van der Waals surface area contributed by atoms with Crippen LogP contribution in [0.4, 0.5) is 34.1 Å². The van der Waals surface area contributed by atoms with Crippen molar-refractivity contribution < 1.29 is 27.0 Å². The van der Waals surface area contributed by atoms with Crippen LogP contribution in [0.5, 0.6) is 0 Å². The Morgan fingerprint density at radius 3 is 1.47 bits per heavy atom. The summed E-state index contributed by atoms with van der Waals surface area (Å²) in [5, 5.41) is 34.2. The maximum Gasteiger partial charge on any atom is 2.00 e. The maximum atomic E-state index is 11.9. The molecule has 2 aliphatic carbocycles. The van der Waals surface area contributed by atoms with Gasteiger partial charge in [-0.3, -0.25) is 4.79 Å². The van der Waals surface area contributed by atoms with Gasteiger partial charge in [-0.25, -0.2) is 18.6 Å². The van der Waals surface area contributed by atoms with Crippen LogP contribution in [0.2, 0.25) is 0 Å². The summed E-state index contributed by atoms with van der Waals surface area (Å²) in [6.45, 7) is 0. The minimum atomic E-state index is -0.122. The molecule has 0 fully saturated rings. The van der Waals surface area contributed by atoms with Crippen molar-refractivity contribution in [1.29, 1.82) is 0 Å². The van der Waals surface area contributed by atoms with E-state index in [0.29, 0.717) is 11.5 Å². The van der Waals surface area contributed by atoms with Gasteiger partial charge in [-0.05, 0) is 90.2 Å². The van der Waals surface area contributed by atoms with Gasteiger partial charge < -0.3 is 15.7 Å². The van der Waals surface area contributed by atoms with Gasteiger partial charge in [-0.2, -0.15) is 20.5 Å². The topological polar surface area (TPSA) is 114 Å². The molecule has 8 nitrogen and oxygen atoms in total. The summed E-state index contributed by atoms with van der Waals surface area (Å²) in [5.41, 5.74) is 5.17. The van der Waals surface area contributed by atoms with E-state index >= 15 is 0 Å². The molecule has 0 unspecified atom stereocenters. The third-order valence-electron chi connectivity index (χ3n) is 6.17. The third-order valence-corrected chi connectivity index (χ3v) is 6.17. The van der Waals surface area contributed by atoms with Crippen LogP contribution in [-0.4, -0.2) is 5.91 Å². The first-order chi connectivity index (χ1) is 21.6. The maximum absolute atomic E-state index is 11.9. The Morgan fingerprint density at radius 1 is 0.578 bits per heavy atom. The molecular formula is C36H28FeN6O2. The number of nitrogens with zero attached hydrogens (tertiary/aromatic N) is 4. The van der Waals surface area contributed by atoms with Crippen molar-refractivity contribution in [3.8, 4) is 0 Å². The summed E-state index contributed by atoms with van der Waals surface area (Å²) in [7, 11) is 0. The molecule has 0 spiro atoms. The quantitative estimate of drug-likeness (QED) is 0.0876. The number of rotatable bonds is 8. The Kier molecular flexibility index (Phi) is 12.2. The SMILES string of the molecule is O=C(Nc1ccc(N=Nc2ccccc2)cc1)[C]1[CH]C=C[CH-]1.[Fe+2].[O-]C(Nc1ccc(N=Nc2ccccc2)cc1)=C1C=CC=C1. The molecular weight excluding hydrogens is 604 g/mol. The molecule has 2 N–H and O–H groups in total. The van der Waals surface area contributed by atoms with E-state index in [9.17, 15) is 9.90 Å². The number of anilines is 2. The standard InChI is InChI=1S/C18H15N3O.C18H14N3O.Fe/c2*22-18(14-6-4-5-7-14)19-15-10-12-17(13-11-15)21-20-16-8-2-1-3-9-16;/h1-13,19,22H;1-13H,(H,19,22);/q;-1;+2/p-1. The van der Waals surface area contributed by atoms with E-state index < -0.39 is 0 Å². The summed E-state index contributed by atoms with van der Waals surface area (Å²) in [4.78, 5) is 11.9. The minimum absolute atomic E-state index is 0. The van der Waals surface area contributed by atoms with Crippen molar-refractivity contribution in [1.82, 2.24) is 0 Å². The zero-order valence-corrected chi connectivity index (χ0v) is 25.1. The molecule has 9 heteroatoms. The number of carbonyl (C=O) groups is 1. The average molecular weight is 633 g/mol. The van der Waals surface area contributed by atoms with Crippen molar-refractivity contribution in [3.05, 3.63) is 176 Å². The second-order valence-electron chi connectivity index (χ2n) is 9.42. The van der Waals surface area contributed by atoms with Gasteiger partial charge >= 0.3 is 17.1 Å². The molecule has 0 saturated carbocycles. The van der Waals surface area contributed by atoms with Crippen molar-refractivity contribution in [2.45, 2.75) is 0 Å². The molecule has 2 aliphatic rings. The molecule has 4 aromatic rings. The van der Waals surface area contributed by atoms with E-state index in [1.807, 2.05) is 109 Å². The molecule has 45 heavy (non-hydrogen) atoms. The first-order valence-electron chi connectivity index (χ1n) is 13.8. The van der Waals surface area contributed by atoms with Crippen LogP contribution in [0, 0.1) is 18.8 Å². The van der Waals surface area contributed by atoms with E-state index in [1.165, 1.54) is 0 Å². The number of nitrogens with one attached hydrogen (secondary N) is 2. The molecule has 2 radical (unpaired) electrons. The summed E-state index contributed by atoms with van der Waals surface area (Å²) >= 11 is 0. The second-order valence-corrected chi connectivity index (χ2v) is 9.42. The van der Waals surface area contributed by atoms with Gasteiger partial charge in [0.25, 0.3) is 0 Å². The molecule has 0 aliphatic heterocycles. The Labute approximate surface area is 273 Å². The van der Waals surface area contributed by atoms with Crippen LogP contribution in [0.15, 0.2) is 178 Å². The van der Waals surface area contributed by atoms with E-state index in [1.54, 1.807) is 49.3 Å². The van der Waals surface area contributed by atoms with E-state index in [-0.39, 0.29) is 28.9 Å². The zero-order chi connectivity index (χ0) is 30.4. The van der Waals surface area contributed by atoms with Gasteiger partial charge in [0.15, 0.2) is 0 Å². The van der Waals surface area contributed by atoms with Crippen LogP contribution < -0.4 is 15.7 Å². The minimum Gasteiger partial charge on any atom is -0.860 e. The molecule has 4 aromatic carbocycles. The Balaban J connectivity index is 0.000000200. The van der Waals surface area contributed by atoms with Gasteiger partial charge in [0.1, 0.15) is 0 Å². The fraction of sp³-hybridized carbons (Fsp3) is 0. The second kappa shape index (κ2) is 17.0. The molecule has 0 aromatic heterocycles. The Hall–Kier alpha value is -5.50. The van der Waals surface area contributed by atoms with Crippen LogP contribution in [-0.2, 0) is 21.9 Å². The molecule has 1 amide bonds. The zero-order valence-electron chi connectivity index (χ0n) is 24.0. The van der Waals surface area contributed by atoms with Crippen LogP contribution in [0.25, 0.3) is 0 Å². The summed E-state index contributed by atoms with van der Waals surface area (Å²) < 4.78 is 0. The monoisotopic (exact) mass is 632 g/mol.